The first-order valence-electron chi connectivity index (χ1n) is 8.70. The Morgan fingerprint density at radius 3 is 2.70 bits per heavy atom. The molecule has 0 aromatic heterocycles. The number of carboxylic acid groups (broad SMARTS) is 1. The number of alkyl halides is 1. The molecule has 3 amide bonds. The summed E-state index contributed by atoms with van der Waals surface area (Å²) in [6, 6.07) is -0.390. The van der Waals surface area contributed by atoms with Crippen LogP contribution in [0.3, 0.4) is 0 Å². The smallest absolute Gasteiger partial charge is 0.352 e. The van der Waals surface area contributed by atoms with Crippen LogP contribution in [-0.4, -0.2) is 73.7 Å². The molecule has 0 bridgehead atoms. The Morgan fingerprint density at radius 2 is 2.07 bits per heavy atom. The maximum atomic E-state index is 12.5. The molecule has 4 rings (SSSR count). The highest BCUT2D eigenvalue weighted by Crippen LogP contribution is 2.41. The molecule has 10 heteroatoms. The topological polar surface area (TPSA) is 107 Å². The summed E-state index contributed by atoms with van der Waals surface area (Å²) in [4.78, 5) is 51.4. The number of nitrogens with zero attached hydrogens (tertiary/aromatic N) is 2. The highest BCUT2D eigenvalue weighted by Gasteiger charge is 2.54. The number of amides is 3. The number of aliphatic carboxylic acids is 1. The number of hydrogen-bond donors (Lipinski definition) is 2. The monoisotopic (exact) mass is 455 g/mol. The van der Waals surface area contributed by atoms with Gasteiger partial charge in [-0.05, 0) is 30.9 Å². The molecule has 0 spiro atoms. The zero-order chi connectivity index (χ0) is 19.3. The molecule has 0 aromatic carbocycles. The van der Waals surface area contributed by atoms with Gasteiger partial charge in [0.1, 0.15) is 17.1 Å². The molecule has 0 aromatic rings. The van der Waals surface area contributed by atoms with Gasteiger partial charge in [-0.3, -0.25) is 19.3 Å². The standard InChI is InChI=1S/C17H18BrN3O5S/c18-6-11(22)19-12-15(24)21-13(17(25)26)9(7-27-16(12)21)5-8-3-4-20(14(8)23)10-1-2-10/h5,10,12,16H,1-4,6-7H2,(H,19,22)(H,25,26)/t12-,16-/m1/s1. The molecule has 27 heavy (non-hydrogen) atoms. The molecule has 3 aliphatic heterocycles. The molecular formula is C17H18BrN3O5S. The molecule has 2 N–H and O–H groups in total. The lowest BCUT2D eigenvalue weighted by Gasteiger charge is -2.49. The number of thioether (sulfide) groups is 1. The third-order valence-electron chi connectivity index (χ3n) is 5.13. The summed E-state index contributed by atoms with van der Waals surface area (Å²) < 4.78 is 0. The first kappa shape index (κ1) is 18.5. The van der Waals surface area contributed by atoms with E-state index in [1.807, 2.05) is 4.90 Å². The molecule has 3 heterocycles. The Hall–Kier alpha value is -1.81. The van der Waals surface area contributed by atoms with Gasteiger partial charge >= 0.3 is 5.97 Å². The van der Waals surface area contributed by atoms with Gasteiger partial charge in [-0.1, -0.05) is 15.9 Å². The average molecular weight is 456 g/mol. The molecule has 0 radical (unpaired) electrons. The minimum Gasteiger partial charge on any atom is -0.477 e. The van der Waals surface area contributed by atoms with E-state index in [0.717, 1.165) is 12.8 Å². The third-order valence-corrected chi connectivity index (χ3v) is 6.94. The van der Waals surface area contributed by atoms with Crippen LogP contribution in [0, 0.1) is 0 Å². The number of allylic oxidation sites excluding steroid dienone is 1. The first-order valence-corrected chi connectivity index (χ1v) is 10.9. The van der Waals surface area contributed by atoms with Crippen LogP contribution in [0.1, 0.15) is 19.3 Å². The summed E-state index contributed by atoms with van der Waals surface area (Å²) in [6.07, 6.45) is 4.31. The van der Waals surface area contributed by atoms with Crippen LogP contribution in [0.2, 0.25) is 0 Å². The molecule has 0 unspecified atom stereocenters. The van der Waals surface area contributed by atoms with Crippen molar-refractivity contribution in [1.82, 2.24) is 15.1 Å². The Labute approximate surface area is 168 Å². The van der Waals surface area contributed by atoms with Crippen molar-refractivity contribution in [3.05, 3.63) is 22.9 Å². The highest BCUT2D eigenvalue weighted by molar-refractivity contribution is 9.09. The van der Waals surface area contributed by atoms with E-state index in [0.29, 0.717) is 35.9 Å². The van der Waals surface area contributed by atoms with Crippen LogP contribution in [0.25, 0.3) is 0 Å². The van der Waals surface area contributed by atoms with Crippen LogP contribution in [0.15, 0.2) is 22.9 Å². The second kappa shape index (κ2) is 6.97. The lowest BCUT2D eigenvalue weighted by Crippen LogP contribution is -2.70. The van der Waals surface area contributed by atoms with Gasteiger partial charge in [0, 0.05) is 23.9 Å². The van der Waals surface area contributed by atoms with E-state index in [-0.39, 0.29) is 22.8 Å². The second-order valence-electron chi connectivity index (χ2n) is 6.92. The van der Waals surface area contributed by atoms with Crippen LogP contribution in [0.4, 0.5) is 0 Å². The van der Waals surface area contributed by atoms with Crippen molar-refractivity contribution in [3.8, 4) is 0 Å². The van der Waals surface area contributed by atoms with Gasteiger partial charge in [0.25, 0.3) is 5.91 Å². The van der Waals surface area contributed by atoms with E-state index in [4.69, 9.17) is 0 Å². The first-order chi connectivity index (χ1) is 12.9. The van der Waals surface area contributed by atoms with Crippen molar-refractivity contribution in [3.63, 3.8) is 0 Å². The van der Waals surface area contributed by atoms with Crippen molar-refractivity contribution < 1.29 is 24.3 Å². The quantitative estimate of drug-likeness (QED) is 0.353. The number of carbonyl (C=O) groups is 4. The summed E-state index contributed by atoms with van der Waals surface area (Å²) in [5, 5.41) is 11.9. The molecular weight excluding hydrogens is 438 g/mol. The van der Waals surface area contributed by atoms with Crippen molar-refractivity contribution in [1.29, 1.82) is 0 Å². The molecule has 2 saturated heterocycles. The fourth-order valence-corrected chi connectivity index (χ4v) is 5.15. The van der Waals surface area contributed by atoms with Crippen molar-refractivity contribution in [2.75, 3.05) is 17.6 Å². The van der Waals surface area contributed by atoms with E-state index < -0.39 is 23.3 Å². The highest BCUT2D eigenvalue weighted by atomic mass is 79.9. The Morgan fingerprint density at radius 1 is 1.33 bits per heavy atom. The number of β-lactam (4-membered cyclic amide) rings is 1. The van der Waals surface area contributed by atoms with Gasteiger partial charge < -0.3 is 15.3 Å². The molecule has 3 fully saturated rings. The van der Waals surface area contributed by atoms with Crippen molar-refractivity contribution >= 4 is 51.4 Å². The van der Waals surface area contributed by atoms with Gasteiger partial charge in [0.2, 0.25) is 11.8 Å². The number of hydrogen-bond acceptors (Lipinski definition) is 5. The van der Waals surface area contributed by atoms with E-state index in [1.54, 1.807) is 6.08 Å². The molecule has 144 valence electrons. The van der Waals surface area contributed by atoms with Crippen LogP contribution in [0.5, 0.6) is 0 Å². The number of likely N-dealkylation sites (tertiary alicyclic amines) is 1. The van der Waals surface area contributed by atoms with Crippen molar-refractivity contribution in [2.24, 2.45) is 0 Å². The molecule has 8 nitrogen and oxygen atoms in total. The fraction of sp³-hybridized carbons (Fsp3) is 0.529. The number of carboxylic acids is 1. The number of rotatable bonds is 5. The summed E-state index contributed by atoms with van der Waals surface area (Å²) in [5.41, 5.74) is 0.994. The summed E-state index contributed by atoms with van der Waals surface area (Å²) in [6.45, 7) is 0.671. The van der Waals surface area contributed by atoms with E-state index in [9.17, 15) is 24.3 Å². The normalized spacial score (nSPS) is 29.1. The summed E-state index contributed by atoms with van der Waals surface area (Å²) >= 11 is 4.43. The predicted molar refractivity (Wildman–Crippen MR) is 101 cm³/mol. The molecule has 2 atom stereocenters. The number of fused-ring (bicyclic) bond motifs is 1. The lowest BCUT2D eigenvalue weighted by molar-refractivity contribution is -0.150. The maximum absolute atomic E-state index is 12.5. The van der Waals surface area contributed by atoms with Crippen LogP contribution in [-0.2, 0) is 19.2 Å². The second-order valence-corrected chi connectivity index (χ2v) is 8.58. The zero-order valence-electron chi connectivity index (χ0n) is 14.3. The minimum atomic E-state index is -1.20. The van der Waals surface area contributed by atoms with Gasteiger partial charge in [-0.2, -0.15) is 0 Å². The third kappa shape index (κ3) is 3.18. The largest absolute Gasteiger partial charge is 0.477 e. The van der Waals surface area contributed by atoms with E-state index >= 15 is 0 Å². The maximum Gasteiger partial charge on any atom is 0.352 e. The molecule has 1 aliphatic carbocycles. The minimum absolute atomic E-state index is 0.0285. The van der Waals surface area contributed by atoms with Crippen LogP contribution >= 0.6 is 27.7 Å². The molecule has 1 saturated carbocycles. The SMILES string of the molecule is O=C(CBr)N[C@@H]1C(=O)N2C(C(=O)O)=C(C=C3CCN(C4CC4)C3=O)CS[C@H]12. The summed E-state index contributed by atoms with van der Waals surface area (Å²) in [7, 11) is 0. The lowest BCUT2D eigenvalue weighted by atomic mass is 10.0. The van der Waals surface area contributed by atoms with Gasteiger partial charge in [0.05, 0.1) is 5.33 Å². The zero-order valence-corrected chi connectivity index (χ0v) is 16.7. The van der Waals surface area contributed by atoms with Crippen molar-refractivity contribution in [2.45, 2.75) is 36.7 Å². The fourth-order valence-electron chi connectivity index (χ4n) is 3.68. The molecule has 4 aliphatic rings. The number of carbonyl (C=O) groups excluding carboxylic acids is 3. The van der Waals surface area contributed by atoms with Gasteiger partial charge in [0.15, 0.2) is 0 Å². The number of halogens is 1. The Bertz CT molecular complexity index is 806. The Kier molecular flexibility index (Phi) is 4.79. The number of nitrogens with one attached hydrogen (secondary N) is 1. The summed E-state index contributed by atoms with van der Waals surface area (Å²) in [5.74, 6) is -1.61. The predicted octanol–water partition coefficient (Wildman–Crippen LogP) is 0.441. The van der Waals surface area contributed by atoms with Gasteiger partial charge in [-0.25, -0.2) is 4.79 Å². The van der Waals surface area contributed by atoms with Gasteiger partial charge in [-0.15, -0.1) is 11.8 Å². The van der Waals surface area contributed by atoms with Crippen LogP contribution < -0.4 is 5.32 Å². The Balaban J connectivity index is 1.59. The average Bonchev–Trinajstić information content (AvgIpc) is 3.43. The van der Waals surface area contributed by atoms with E-state index in [1.165, 1.54) is 16.7 Å². The van der Waals surface area contributed by atoms with E-state index in [2.05, 4.69) is 21.2 Å².